The summed E-state index contributed by atoms with van der Waals surface area (Å²) in [6.45, 7) is 0. The fraction of sp³-hybridized carbons (Fsp3) is 0.0455. The van der Waals surface area contributed by atoms with Gasteiger partial charge >= 0.3 is 0 Å². The molecule has 0 unspecified atom stereocenters. The van der Waals surface area contributed by atoms with Gasteiger partial charge in [-0.1, -0.05) is 146 Å². The summed E-state index contributed by atoms with van der Waals surface area (Å²) in [6.07, 6.45) is 6.12. The number of nitrogens with zero attached hydrogens (tertiary/aromatic N) is 4. The zero-order valence-corrected chi connectivity index (χ0v) is 26.2. The monoisotopic (exact) mass is 614 g/mol. The van der Waals surface area contributed by atoms with Crippen LogP contribution < -0.4 is 0 Å². The number of hydrogen-bond donors (Lipinski definition) is 0. The molecule has 4 heteroatoms. The van der Waals surface area contributed by atoms with Crippen LogP contribution in [0.2, 0.25) is 0 Å². The highest BCUT2D eigenvalue weighted by Crippen LogP contribution is 2.41. The minimum atomic E-state index is 0.660. The summed E-state index contributed by atoms with van der Waals surface area (Å²) in [5.74, 6) is 2.08. The highest BCUT2D eigenvalue weighted by Gasteiger charge is 2.19. The van der Waals surface area contributed by atoms with E-state index in [0.29, 0.717) is 17.2 Å². The molecule has 226 valence electrons. The van der Waals surface area contributed by atoms with Crippen molar-refractivity contribution in [2.45, 2.75) is 12.8 Å². The molecular formula is C44H30N4. The van der Waals surface area contributed by atoms with Crippen LogP contribution in [0.15, 0.2) is 158 Å². The Balaban J connectivity index is 1.18. The fourth-order valence-electron chi connectivity index (χ4n) is 6.51. The average molecular weight is 615 g/mol. The van der Waals surface area contributed by atoms with Crippen LogP contribution in [0.1, 0.15) is 29.8 Å². The summed E-state index contributed by atoms with van der Waals surface area (Å²) in [4.78, 5) is 14.8. The molecule has 0 spiro atoms. The molecule has 48 heavy (non-hydrogen) atoms. The maximum absolute atomic E-state index is 9.30. The van der Waals surface area contributed by atoms with Crippen molar-refractivity contribution in [2.75, 3.05) is 0 Å². The van der Waals surface area contributed by atoms with Crippen LogP contribution in [0.3, 0.4) is 0 Å². The van der Waals surface area contributed by atoms with E-state index in [0.717, 1.165) is 46.5 Å². The van der Waals surface area contributed by atoms with Crippen LogP contribution in [-0.2, 0) is 0 Å². The van der Waals surface area contributed by atoms with E-state index in [2.05, 4.69) is 78.9 Å². The fourth-order valence-corrected chi connectivity index (χ4v) is 6.51. The van der Waals surface area contributed by atoms with Crippen molar-refractivity contribution in [1.29, 1.82) is 5.26 Å². The predicted octanol–water partition coefficient (Wildman–Crippen LogP) is 10.8. The maximum Gasteiger partial charge on any atom is 0.164 e. The number of benzene rings is 6. The Morgan fingerprint density at radius 1 is 0.396 bits per heavy atom. The predicted molar refractivity (Wildman–Crippen MR) is 195 cm³/mol. The Kier molecular flexibility index (Phi) is 7.70. The first-order chi connectivity index (χ1) is 23.7. The van der Waals surface area contributed by atoms with Gasteiger partial charge < -0.3 is 0 Å². The summed E-state index contributed by atoms with van der Waals surface area (Å²) in [7, 11) is 0. The Morgan fingerprint density at radius 3 is 1.50 bits per heavy atom. The molecule has 0 bridgehead atoms. The molecule has 0 atom stereocenters. The van der Waals surface area contributed by atoms with E-state index >= 15 is 0 Å². The van der Waals surface area contributed by atoms with Crippen molar-refractivity contribution in [1.82, 2.24) is 15.0 Å². The molecular weight excluding hydrogens is 585 g/mol. The summed E-state index contributed by atoms with van der Waals surface area (Å²) < 4.78 is 0. The van der Waals surface area contributed by atoms with Gasteiger partial charge in [0.05, 0.1) is 11.6 Å². The largest absolute Gasteiger partial charge is 0.209 e. The Morgan fingerprint density at radius 2 is 0.896 bits per heavy atom. The van der Waals surface area contributed by atoms with Gasteiger partial charge in [-0.15, -0.1) is 0 Å². The summed E-state index contributed by atoms with van der Waals surface area (Å²) in [5, 5.41) is 11.7. The first-order valence-corrected chi connectivity index (χ1v) is 16.1. The third-order valence-electron chi connectivity index (χ3n) is 8.95. The Hall–Kier alpha value is -6.44. The smallest absolute Gasteiger partial charge is 0.164 e. The minimum absolute atomic E-state index is 0.660. The Labute approximate surface area is 280 Å². The van der Waals surface area contributed by atoms with Gasteiger partial charge in [0.1, 0.15) is 0 Å². The van der Waals surface area contributed by atoms with E-state index in [1.54, 1.807) is 0 Å². The SMILES string of the molecule is N#Cc1ccc(-c2ccccc2-c2ccc(C3=CC=C(c4nc(-c5ccccc5)nc(-c5ccccc5)n4)CC3)c3ccccc23)cc1. The van der Waals surface area contributed by atoms with E-state index < -0.39 is 0 Å². The molecule has 0 amide bonds. The first kappa shape index (κ1) is 29.0. The molecule has 0 fully saturated rings. The van der Waals surface area contributed by atoms with Crippen LogP contribution in [0, 0.1) is 11.3 Å². The second kappa shape index (κ2) is 12.7. The highest BCUT2D eigenvalue weighted by atomic mass is 15.0. The van der Waals surface area contributed by atoms with Crippen molar-refractivity contribution in [3.05, 3.63) is 175 Å². The summed E-state index contributed by atoms with van der Waals surface area (Å²) in [6, 6.07) is 52.0. The van der Waals surface area contributed by atoms with Crippen LogP contribution >= 0.6 is 0 Å². The van der Waals surface area contributed by atoms with Crippen molar-refractivity contribution >= 4 is 21.9 Å². The number of rotatable bonds is 6. The number of fused-ring (bicyclic) bond motifs is 1. The molecule has 1 heterocycles. The molecule has 0 radical (unpaired) electrons. The van der Waals surface area contributed by atoms with Crippen molar-refractivity contribution in [3.63, 3.8) is 0 Å². The molecule has 0 saturated carbocycles. The molecule has 1 aliphatic rings. The number of nitriles is 1. The zero-order valence-electron chi connectivity index (χ0n) is 26.2. The van der Waals surface area contributed by atoms with Crippen molar-refractivity contribution in [2.24, 2.45) is 0 Å². The van der Waals surface area contributed by atoms with E-state index in [1.165, 1.54) is 33.0 Å². The van der Waals surface area contributed by atoms with Gasteiger partial charge in [0.25, 0.3) is 0 Å². The number of hydrogen-bond acceptors (Lipinski definition) is 4. The van der Waals surface area contributed by atoms with Gasteiger partial charge in [-0.05, 0) is 74.7 Å². The lowest BCUT2D eigenvalue weighted by Gasteiger charge is -2.19. The normalized spacial score (nSPS) is 12.6. The van der Waals surface area contributed by atoms with Gasteiger partial charge in [0.2, 0.25) is 0 Å². The molecule has 4 nitrogen and oxygen atoms in total. The minimum Gasteiger partial charge on any atom is -0.209 e. The molecule has 8 rings (SSSR count). The third kappa shape index (κ3) is 5.59. The molecule has 7 aromatic rings. The molecule has 1 aliphatic carbocycles. The molecule has 0 N–H and O–H groups in total. The van der Waals surface area contributed by atoms with Crippen LogP contribution in [0.5, 0.6) is 0 Å². The summed E-state index contributed by atoms with van der Waals surface area (Å²) >= 11 is 0. The van der Waals surface area contributed by atoms with Crippen molar-refractivity contribution in [3.8, 4) is 51.1 Å². The van der Waals surface area contributed by atoms with Gasteiger partial charge in [-0.2, -0.15) is 5.26 Å². The quantitative estimate of drug-likeness (QED) is 0.187. The highest BCUT2D eigenvalue weighted by molar-refractivity contribution is 6.05. The van der Waals surface area contributed by atoms with Gasteiger partial charge in [-0.25, -0.2) is 15.0 Å². The van der Waals surface area contributed by atoms with Crippen LogP contribution in [0.25, 0.3) is 66.9 Å². The Bertz CT molecular complexity index is 2330. The zero-order chi connectivity index (χ0) is 32.3. The van der Waals surface area contributed by atoms with E-state index in [1.807, 2.05) is 84.9 Å². The molecule has 1 aromatic heterocycles. The second-order valence-electron chi connectivity index (χ2n) is 11.9. The van der Waals surface area contributed by atoms with E-state index in [9.17, 15) is 5.26 Å². The molecule has 0 saturated heterocycles. The van der Waals surface area contributed by atoms with Gasteiger partial charge in [-0.3, -0.25) is 0 Å². The first-order valence-electron chi connectivity index (χ1n) is 16.1. The lowest BCUT2D eigenvalue weighted by atomic mass is 9.86. The second-order valence-corrected chi connectivity index (χ2v) is 11.9. The standard InChI is InChI=1S/C44H30N4/c45-29-30-19-21-31(22-20-30)36-15-7-8-16-38(36)41-28-27-37(39-17-9-10-18-40(39)41)32-23-25-35(26-24-32)44-47-42(33-11-3-1-4-12-33)46-43(48-44)34-13-5-2-6-14-34/h1-23,25,27-28H,24,26H2. The average Bonchev–Trinajstić information content (AvgIpc) is 3.18. The van der Waals surface area contributed by atoms with E-state index in [4.69, 9.17) is 15.0 Å². The van der Waals surface area contributed by atoms with Gasteiger partial charge in [0.15, 0.2) is 17.5 Å². The topological polar surface area (TPSA) is 62.5 Å². The van der Waals surface area contributed by atoms with Gasteiger partial charge in [0, 0.05) is 11.1 Å². The van der Waals surface area contributed by atoms with E-state index in [-0.39, 0.29) is 0 Å². The lowest BCUT2D eigenvalue weighted by molar-refractivity contribution is 0.985. The van der Waals surface area contributed by atoms with Crippen molar-refractivity contribution < 1.29 is 0 Å². The maximum atomic E-state index is 9.30. The number of allylic oxidation sites excluding steroid dienone is 4. The molecule has 0 aliphatic heterocycles. The van der Waals surface area contributed by atoms with Crippen LogP contribution in [-0.4, -0.2) is 15.0 Å². The lowest BCUT2D eigenvalue weighted by Crippen LogP contribution is -2.04. The number of aromatic nitrogens is 3. The van der Waals surface area contributed by atoms with Crippen LogP contribution in [0.4, 0.5) is 0 Å². The third-order valence-corrected chi connectivity index (χ3v) is 8.95. The molecule has 6 aromatic carbocycles. The summed E-state index contributed by atoms with van der Waals surface area (Å²) in [5.41, 5.74) is 10.8.